The van der Waals surface area contributed by atoms with Crippen molar-refractivity contribution >= 4 is 5.97 Å². The van der Waals surface area contributed by atoms with Gasteiger partial charge in [-0.15, -0.1) is 0 Å². The lowest BCUT2D eigenvalue weighted by molar-refractivity contribution is -0.160. The van der Waals surface area contributed by atoms with E-state index in [4.69, 9.17) is 10.5 Å². The van der Waals surface area contributed by atoms with Gasteiger partial charge in [-0.2, -0.15) is 0 Å². The summed E-state index contributed by atoms with van der Waals surface area (Å²) < 4.78 is 5.29. The molecule has 0 aromatic carbocycles. The van der Waals surface area contributed by atoms with E-state index in [0.717, 1.165) is 25.9 Å². The molecule has 0 unspecified atom stereocenters. The quantitative estimate of drug-likeness (QED) is 0.615. The van der Waals surface area contributed by atoms with E-state index in [0.29, 0.717) is 6.54 Å². The summed E-state index contributed by atoms with van der Waals surface area (Å²) in [7, 11) is 2.06. The van der Waals surface area contributed by atoms with Crippen LogP contribution in [0.1, 0.15) is 19.8 Å². The number of ether oxygens (including phenoxy) is 1. The van der Waals surface area contributed by atoms with Gasteiger partial charge in [-0.05, 0) is 7.05 Å². The molecule has 1 aliphatic heterocycles. The summed E-state index contributed by atoms with van der Waals surface area (Å²) >= 11 is 0. The van der Waals surface area contributed by atoms with E-state index in [2.05, 4.69) is 11.9 Å². The first-order chi connectivity index (χ1) is 6.08. The Hall–Kier alpha value is -0.610. The Morgan fingerprint density at radius 3 is 2.46 bits per heavy atom. The summed E-state index contributed by atoms with van der Waals surface area (Å²) in [5.74, 6) is -0.227. The topological polar surface area (TPSA) is 55.6 Å². The van der Waals surface area contributed by atoms with Crippen LogP contribution in [0.3, 0.4) is 0 Å². The van der Waals surface area contributed by atoms with Gasteiger partial charge >= 0.3 is 5.97 Å². The summed E-state index contributed by atoms with van der Waals surface area (Å²) in [4.78, 5) is 13.1. The number of likely N-dealkylation sites (tertiary alicyclic amines) is 1. The van der Waals surface area contributed by atoms with E-state index in [-0.39, 0.29) is 5.97 Å². The third kappa shape index (κ3) is 2.67. The molecule has 0 saturated carbocycles. The summed E-state index contributed by atoms with van der Waals surface area (Å²) in [5.41, 5.74) is 5.25. The molecular weight excluding hydrogens is 168 g/mol. The van der Waals surface area contributed by atoms with Crippen LogP contribution in [0.25, 0.3) is 0 Å². The molecule has 2 N–H and O–H groups in total. The SMILES string of the molecule is CC(=O)OC1(CN)CCN(C)CC1. The molecule has 0 atom stereocenters. The Bertz CT molecular complexity index is 186. The van der Waals surface area contributed by atoms with Gasteiger partial charge in [-0.3, -0.25) is 4.79 Å². The van der Waals surface area contributed by atoms with Gasteiger partial charge in [0.2, 0.25) is 0 Å². The zero-order chi connectivity index (χ0) is 9.90. The van der Waals surface area contributed by atoms with Crippen LogP contribution in [0, 0.1) is 0 Å². The summed E-state index contributed by atoms with van der Waals surface area (Å²) in [6.45, 7) is 3.77. The van der Waals surface area contributed by atoms with Crippen LogP contribution in [0.15, 0.2) is 0 Å². The van der Waals surface area contributed by atoms with Gasteiger partial charge in [0, 0.05) is 39.4 Å². The average Bonchev–Trinajstić information content (AvgIpc) is 2.09. The van der Waals surface area contributed by atoms with Crippen LogP contribution in [0.5, 0.6) is 0 Å². The Morgan fingerprint density at radius 2 is 2.08 bits per heavy atom. The predicted molar refractivity (Wildman–Crippen MR) is 50.3 cm³/mol. The molecule has 76 valence electrons. The number of carbonyl (C=O) groups excluding carboxylic acids is 1. The maximum atomic E-state index is 10.9. The standard InChI is InChI=1S/C9H18N2O2/c1-8(12)13-9(7-10)3-5-11(2)6-4-9/h3-7,10H2,1-2H3. The van der Waals surface area contributed by atoms with E-state index < -0.39 is 5.60 Å². The molecule has 1 aliphatic rings. The van der Waals surface area contributed by atoms with Crippen molar-refractivity contribution in [2.24, 2.45) is 5.73 Å². The third-order valence-electron chi connectivity index (χ3n) is 2.63. The fourth-order valence-electron chi connectivity index (χ4n) is 1.68. The van der Waals surface area contributed by atoms with Crippen molar-refractivity contribution in [2.75, 3.05) is 26.7 Å². The lowest BCUT2D eigenvalue weighted by Crippen LogP contribution is -2.50. The van der Waals surface area contributed by atoms with Crippen molar-refractivity contribution in [3.8, 4) is 0 Å². The summed E-state index contributed by atoms with van der Waals surface area (Å²) in [5, 5.41) is 0. The number of hydrogen-bond donors (Lipinski definition) is 1. The smallest absolute Gasteiger partial charge is 0.303 e. The maximum Gasteiger partial charge on any atom is 0.303 e. The summed E-state index contributed by atoms with van der Waals surface area (Å²) in [6, 6.07) is 0. The third-order valence-corrected chi connectivity index (χ3v) is 2.63. The number of rotatable bonds is 2. The number of hydrogen-bond acceptors (Lipinski definition) is 4. The average molecular weight is 186 g/mol. The second-order valence-electron chi connectivity index (χ2n) is 3.78. The zero-order valence-electron chi connectivity index (χ0n) is 8.38. The van der Waals surface area contributed by atoms with Crippen LogP contribution >= 0.6 is 0 Å². The second-order valence-corrected chi connectivity index (χ2v) is 3.78. The van der Waals surface area contributed by atoms with Gasteiger partial charge in [0.1, 0.15) is 5.60 Å². The molecule has 13 heavy (non-hydrogen) atoms. The first-order valence-corrected chi connectivity index (χ1v) is 4.66. The van der Waals surface area contributed by atoms with E-state index in [1.165, 1.54) is 6.92 Å². The lowest BCUT2D eigenvalue weighted by Gasteiger charge is -2.38. The first kappa shape index (κ1) is 10.5. The van der Waals surface area contributed by atoms with Crippen molar-refractivity contribution in [2.45, 2.75) is 25.4 Å². The van der Waals surface area contributed by atoms with Crippen LogP contribution in [0.2, 0.25) is 0 Å². The molecule has 0 aliphatic carbocycles. The van der Waals surface area contributed by atoms with E-state index in [1.807, 2.05) is 0 Å². The van der Waals surface area contributed by atoms with Gasteiger partial charge in [0.25, 0.3) is 0 Å². The van der Waals surface area contributed by atoms with Crippen molar-refractivity contribution in [1.29, 1.82) is 0 Å². The lowest BCUT2D eigenvalue weighted by atomic mass is 9.91. The Morgan fingerprint density at radius 1 is 1.54 bits per heavy atom. The fraction of sp³-hybridized carbons (Fsp3) is 0.889. The molecule has 1 fully saturated rings. The molecule has 1 saturated heterocycles. The van der Waals surface area contributed by atoms with E-state index in [9.17, 15) is 4.79 Å². The molecule has 1 rings (SSSR count). The highest BCUT2D eigenvalue weighted by atomic mass is 16.6. The van der Waals surface area contributed by atoms with Crippen LogP contribution in [0.4, 0.5) is 0 Å². The van der Waals surface area contributed by atoms with Gasteiger partial charge in [0.15, 0.2) is 0 Å². The highest BCUT2D eigenvalue weighted by Crippen LogP contribution is 2.24. The molecule has 0 aromatic rings. The van der Waals surface area contributed by atoms with Gasteiger partial charge < -0.3 is 15.4 Å². The van der Waals surface area contributed by atoms with Crippen LogP contribution < -0.4 is 5.73 Å². The minimum atomic E-state index is -0.391. The second kappa shape index (κ2) is 4.07. The molecule has 1 heterocycles. The van der Waals surface area contributed by atoms with Crippen LogP contribution in [-0.2, 0) is 9.53 Å². The number of esters is 1. The van der Waals surface area contributed by atoms with Gasteiger partial charge in [0.05, 0.1) is 0 Å². The molecule has 0 radical (unpaired) electrons. The number of carbonyl (C=O) groups is 1. The number of piperidine rings is 1. The monoisotopic (exact) mass is 186 g/mol. The molecule has 4 nitrogen and oxygen atoms in total. The Kier molecular flexibility index (Phi) is 3.27. The van der Waals surface area contributed by atoms with Crippen molar-refractivity contribution in [3.63, 3.8) is 0 Å². The molecule has 0 spiro atoms. The minimum Gasteiger partial charge on any atom is -0.458 e. The van der Waals surface area contributed by atoms with Gasteiger partial charge in [-0.1, -0.05) is 0 Å². The predicted octanol–water partition coefficient (Wildman–Crippen LogP) is -0.0274. The molecule has 0 aromatic heterocycles. The van der Waals surface area contributed by atoms with E-state index >= 15 is 0 Å². The van der Waals surface area contributed by atoms with E-state index in [1.54, 1.807) is 0 Å². The maximum absolute atomic E-state index is 10.9. The Balaban J connectivity index is 2.55. The number of nitrogens with two attached hydrogens (primary N) is 1. The van der Waals surface area contributed by atoms with Crippen LogP contribution in [-0.4, -0.2) is 43.2 Å². The van der Waals surface area contributed by atoms with Crippen molar-refractivity contribution in [3.05, 3.63) is 0 Å². The van der Waals surface area contributed by atoms with Gasteiger partial charge in [-0.25, -0.2) is 0 Å². The highest BCUT2D eigenvalue weighted by Gasteiger charge is 2.35. The number of nitrogens with zero attached hydrogens (tertiary/aromatic N) is 1. The first-order valence-electron chi connectivity index (χ1n) is 4.66. The van der Waals surface area contributed by atoms with Crippen molar-refractivity contribution < 1.29 is 9.53 Å². The normalized spacial score (nSPS) is 22.7. The summed E-state index contributed by atoms with van der Waals surface area (Å²) in [6.07, 6.45) is 1.69. The minimum absolute atomic E-state index is 0.227. The fourth-order valence-corrected chi connectivity index (χ4v) is 1.68. The largest absolute Gasteiger partial charge is 0.458 e. The molecule has 0 amide bonds. The highest BCUT2D eigenvalue weighted by molar-refractivity contribution is 5.66. The molecule has 0 bridgehead atoms. The zero-order valence-corrected chi connectivity index (χ0v) is 8.38. The van der Waals surface area contributed by atoms with Crippen molar-refractivity contribution in [1.82, 2.24) is 4.90 Å². The molecular formula is C9H18N2O2. The molecule has 4 heteroatoms. The Labute approximate surface area is 79.0 Å².